The Kier molecular flexibility index (Phi) is 5.99. The Labute approximate surface area is 187 Å². The maximum absolute atomic E-state index is 14.4. The Morgan fingerprint density at radius 3 is 2.30 bits per heavy atom. The maximum atomic E-state index is 14.4. The topological polar surface area (TPSA) is 77.5 Å². The summed E-state index contributed by atoms with van der Waals surface area (Å²) in [5.41, 5.74) is 1.22. The summed E-state index contributed by atoms with van der Waals surface area (Å²) >= 11 is 0. The van der Waals surface area contributed by atoms with Gasteiger partial charge in [-0.05, 0) is 42.5 Å². The lowest BCUT2D eigenvalue weighted by molar-refractivity contribution is 0.0595. The quantitative estimate of drug-likeness (QED) is 0.423. The summed E-state index contributed by atoms with van der Waals surface area (Å²) in [5, 5.41) is 2.97. The Balaban J connectivity index is 1.77. The van der Waals surface area contributed by atoms with Crippen molar-refractivity contribution in [3.8, 4) is 17.0 Å². The predicted octanol–water partition coefficient (Wildman–Crippen LogP) is 5.23. The number of methoxy groups -OCH3 is 2. The molecule has 3 aromatic carbocycles. The summed E-state index contributed by atoms with van der Waals surface area (Å²) < 4.78 is 38.0. The number of halogens is 2. The first-order chi connectivity index (χ1) is 15.9. The minimum absolute atomic E-state index is 0.231. The van der Waals surface area contributed by atoms with Crippen LogP contribution in [-0.2, 0) is 4.74 Å². The van der Waals surface area contributed by atoms with Crippen molar-refractivity contribution in [3.63, 3.8) is 0 Å². The molecule has 6 nitrogen and oxygen atoms in total. The number of esters is 1. The number of aromatic nitrogens is 1. The standard InChI is InChI=1S/C25H18F2N2O4/c1-32-15-9-7-14(8-10-15)22-11-17(16-5-3-4-6-21(16)28-22)24(30)29-23-12-18(25(31)33-2)19(26)13-20(23)27/h3-13H,1-2H3,(H,29,30). The van der Waals surface area contributed by atoms with Crippen molar-refractivity contribution in [1.82, 2.24) is 4.98 Å². The zero-order valence-corrected chi connectivity index (χ0v) is 17.7. The van der Waals surface area contributed by atoms with Gasteiger partial charge in [0.25, 0.3) is 5.91 Å². The number of hydrogen-bond donors (Lipinski definition) is 1. The van der Waals surface area contributed by atoms with E-state index in [0.29, 0.717) is 28.4 Å². The second kappa shape index (κ2) is 9.04. The van der Waals surface area contributed by atoms with Crippen LogP contribution < -0.4 is 10.1 Å². The van der Waals surface area contributed by atoms with Crippen molar-refractivity contribution >= 4 is 28.5 Å². The number of rotatable bonds is 5. The van der Waals surface area contributed by atoms with Crippen molar-refractivity contribution in [1.29, 1.82) is 0 Å². The summed E-state index contributed by atoms with van der Waals surface area (Å²) in [6, 6.07) is 17.2. The number of nitrogens with zero attached hydrogens (tertiary/aromatic N) is 1. The van der Waals surface area contributed by atoms with E-state index < -0.39 is 29.1 Å². The van der Waals surface area contributed by atoms with Gasteiger partial charge in [-0.25, -0.2) is 18.6 Å². The summed E-state index contributed by atoms with van der Waals surface area (Å²) in [5.74, 6) is -3.08. The molecule has 0 bridgehead atoms. The number of amides is 1. The number of hydrogen-bond acceptors (Lipinski definition) is 5. The first kappa shape index (κ1) is 21.9. The number of nitrogens with one attached hydrogen (secondary N) is 1. The van der Waals surface area contributed by atoms with E-state index in [0.717, 1.165) is 18.7 Å². The molecule has 4 aromatic rings. The SMILES string of the molecule is COC(=O)c1cc(NC(=O)c2cc(-c3ccc(OC)cc3)nc3ccccc23)c(F)cc1F. The monoisotopic (exact) mass is 448 g/mol. The van der Waals surface area contributed by atoms with Gasteiger partial charge in [-0.3, -0.25) is 4.79 Å². The van der Waals surface area contributed by atoms with E-state index in [4.69, 9.17) is 4.74 Å². The smallest absolute Gasteiger partial charge is 0.340 e. The summed E-state index contributed by atoms with van der Waals surface area (Å²) in [4.78, 5) is 29.5. The first-order valence-corrected chi connectivity index (χ1v) is 9.84. The number of benzene rings is 3. The lowest BCUT2D eigenvalue weighted by Gasteiger charge is -2.12. The van der Waals surface area contributed by atoms with Crippen LogP contribution in [0.3, 0.4) is 0 Å². The third-order valence-corrected chi connectivity index (χ3v) is 5.06. The fourth-order valence-electron chi connectivity index (χ4n) is 3.37. The minimum Gasteiger partial charge on any atom is -0.497 e. The van der Waals surface area contributed by atoms with Crippen LogP contribution in [0.4, 0.5) is 14.5 Å². The number of carbonyl (C=O) groups is 2. The normalized spacial score (nSPS) is 10.7. The molecule has 0 radical (unpaired) electrons. The lowest BCUT2D eigenvalue weighted by atomic mass is 10.0. The van der Waals surface area contributed by atoms with E-state index in [1.54, 1.807) is 61.7 Å². The molecule has 166 valence electrons. The van der Waals surface area contributed by atoms with E-state index in [9.17, 15) is 18.4 Å². The van der Waals surface area contributed by atoms with Gasteiger partial charge in [0.1, 0.15) is 17.4 Å². The Morgan fingerprint density at radius 2 is 1.61 bits per heavy atom. The third-order valence-electron chi connectivity index (χ3n) is 5.06. The molecule has 8 heteroatoms. The van der Waals surface area contributed by atoms with Gasteiger partial charge in [0.2, 0.25) is 0 Å². The van der Waals surface area contributed by atoms with Crippen LogP contribution in [0.25, 0.3) is 22.2 Å². The predicted molar refractivity (Wildman–Crippen MR) is 119 cm³/mol. The lowest BCUT2D eigenvalue weighted by Crippen LogP contribution is -2.15. The molecule has 0 fully saturated rings. The average Bonchev–Trinajstić information content (AvgIpc) is 2.84. The number of carbonyl (C=O) groups excluding carboxylic acids is 2. The molecule has 0 saturated heterocycles. The van der Waals surface area contributed by atoms with Crippen LogP contribution >= 0.6 is 0 Å². The molecule has 1 amide bonds. The number of pyridine rings is 1. The molecule has 0 saturated carbocycles. The highest BCUT2D eigenvalue weighted by atomic mass is 19.1. The van der Waals surface area contributed by atoms with Gasteiger partial charge in [-0.15, -0.1) is 0 Å². The Bertz CT molecular complexity index is 1370. The zero-order valence-electron chi connectivity index (χ0n) is 17.7. The second-order valence-corrected chi connectivity index (χ2v) is 7.06. The highest BCUT2D eigenvalue weighted by Gasteiger charge is 2.20. The van der Waals surface area contributed by atoms with Gasteiger partial charge < -0.3 is 14.8 Å². The summed E-state index contributed by atoms with van der Waals surface area (Å²) in [6.07, 6.45) is 0. The van der Waals surface area contributed by atoms with E-state index in [1.165, 1.54) is 0 Å². The molecule has 0 unspecified atom stereocenters. The van der Waals surface area contributed by atoms with Crippen LogP contribution in [0.1, 0.15) is 20.7 Å². The van der Waals surface area contributed by atoms with E-state index in [2.05, 4.69) is 15.0 Å². The molecular weight excluding hydrogens is 430 g/mol. The van der Waals surface area contributed by atoms with Gasteiger partial charge in [0.15, 0.2) is 0 Å². The van der Waals surface area contributed by atoms with Crippen molar-refractivity contribution < 1.29 is 27.8 Å². The van der Waals surface area contributed by atoms with Crippen molar-refractivity contribution in [2.75, 3.05) is 19.5 Å². The molecule has 0 aliphatic heterocycles. The molecule has 1 aromatic heterocycles. The molecule has 0 aliphatic carbocycles. The minimum atomic E-state index is -1.09. The molecule has 0 aliphatic rings. The van der Waals surface area contributed by atoms with Crippen LogP contribution in [-0.4, -0.2) is 31.1 Å². The van der Waals surface area contributed by atoms with Crippen molar-refractivity contribution in [3.05, 3.63) is 89.5 Å². The highest BCUT2D eigenvalue weighted by molar-refractivity contribution is 6.13. The Morgan fingerprint density at radius 1 is 0.879 bits per heavy atom. The van der Waals surface area contributed by atoms with Crippen LogP contribution in [0.15, 0.2) is 66.7 Å². The van der Waals surface area contributed by atoms with Crippen LogP contribution in [0.5, 0.6) is 5.75 Å². The fourth-order valence-corrected chi connectivity index (χ4v) is 3.37. The third kappa shape index (κ3) is 4.36. The van der Waals surface area contributed by atoms with E-state index >= 15 is 0 Å². The molecule has 0 spiro atoms. The molecular formula is C25H18F2N2O4. The first-order valence-electron chi connectivity index (χ1n) is 9.84. The average molecular weight is 448 g/mol. The van der Waals surface area contributed by atoms with E-state index in [-0.39, 0.29) is 11.3 Å². The number of para-hydroxylation sites is 1. The molecule has 4 rings (SSSR count). The highest BCUT2D eigenvalue weighted by Crippen LogP contribution is 2.28. The van der Waals surface area contributed by atoms with Crippen molar-refractivity contribution in [2.45, 2.75) is 0 Å². The van der Waals surface area contributed by atoms with Gasteiger partial charge in [-0.1, -0.05) is 18.2 Å². The molecule has 1 heterocycles. The Hall–Kier alpha value is -4.33. The summed E-state index contributed by atoms with van der Waals surface area (Å²) in [7, 11) is 2.64. The van der Waals surface area contributed by atoms with E-state index in [1.807, 2.05) is 0 Å². The van der Waals surface area contributed by atoms with Gasteiger partial charge >= 0.3 is 5.97 Å². The number of anilines is 1. The summed E-state index contributed by atoms with van der Waals surface area (Å²) in [6.45, 7) is 0. The largest absolute Gasteiger partial charge is 0.497 e. The molecule has 0 atom stereocenters. The fraction of sp³-hybridized carbons (Fsp3) is 0.0800. The van der Waals surface area contributed by atoms with Crippen LogP contribution in [0, 0.1) is 11.6 Å². The maximum Gasteiger partial charge on any atom is 0.340 e. The van der Waals surface area contributed by atoms with Crippen LogP contribution in [0.2, 0.25) is 0 Å². The van der Waals surface area contributed by atoms with Gasteiger partial charge in [-0.2, -0.15) is 0 Å². The molecule has 33 heavy (non-hydrogen) atoms. The second-order valence-electron chi connectivity index (χ2n) is 7.06. The van der Waals surface area contributed by atoms with Gasteiger partial charge in [0.05, 0.1) is 42.2 Å². The number of fused-ring (bicyclic) bond motifs is 1. The molecule has 1 N–H and O–H groups in total. The van der Waals surface area contributed by atoms with Crippen molar-refractivity contribution in [2.24, 2.45) is 0 Å². The number of ether oxygens (including phenoxy) is 2. The van der Waals surface area contributed by atoms with Gasteiger partial charge in [0, 0.05) is 17.0 Å². The zero-order chi connectivity index (χ0) is 23.5.